The van der Waals surface area contributed by atoms with Crippen molar-refractivity contribution in [3.8, 4) is 22.3 Å². The van der Waals surface area contributed by atoms with Crippen LogP contribution >= 0.6 is 0 Å². The highest BCUT2D eigenvalue weighted by Gasteiger charge is 2.19. The van der Waals surface area contributed by atoms with Crippen LogP contribution in [0.1, 0.15) is 59.7 Å². The van der Waals surface area contributed by atoms with Gasteiger partial charge in [-0.05, 0) is 103 Å². The molecule has 0 radical (unpaired) electrons. The van der Waals surface area contributed by atoms with E-state index in [2.05, 4.69) is 105 Å². The van der Waals surface area contributed by atoms with Crippen LogP contribution < -0.4 is 0 Å². The van der Waals surface area contributed by atoms with E-state index >= 15 is 0 Å². The Hall–Kier alpha value is -2.34. The molecule has 0 heteroatoms. The Balaban J connectivity index is 2.35. The molecule has 28 heavy (non-hydrogen) atoms. The van der Waals surface area contributed by atoms with E-state index in [1.165, 1.54) is 61.2 Å². The Morgan fingerprint density at radius 2 is 0.786 bits per heavy atom. The van der Waals surface area contributed by atoms with Gasteiger partial charge in [0.15, 0.2) is 0 Å². The summed E-state index contributed by atoms with van der Waals surface area (Å²) in [5, 5.41) is 0. The highest BCUT2D eigenvalue weighted by atomic mass is 14.2. The van der Waals surface area contributed by atoms with E-state index in [-0.39, 0.29) is 5.41 Å². The predicted molar refractivity (Wildman–Crippen MR) is 124 cm³/mol. The van der Waals surface area contributed by atoms with Gasteiger partial charge in [-0.15, -0.1) is 0 Å². The molecule has 0 heterocycles. The predicted octanol–water partition coefficient (Wildman–Crippen LogP) is 8.17. The van der Waals surface area contributed by atoms with Gasteiger partial charge in [-0.25, -0.2) is 0 Å². The van der Waals surface area contributed by atoms with Gasteiger partial charge in [-0.3, -0.25) is 0 Å². The van der Waals surface area contributed by atoms with Crippen molar-refractivity contribution >= 4 is 0 Å². The van der Waals surface area contributed by atoms with Crippen LogP contribution in [-0.2, 0) is 5.41 Å². The van der Waals surface area contributed by atoms with Crippen molar-refractivity contribution in [3.05, 3.63) is 81.4 Å². The van der Waals surface area contributed by atoms with Crippen LogP contribution in [-0.4, -0.2) is 0 Å². The van der Waals surface area contributed by atoms with Gasteiger partial charge in [0.2, 0.25) is 0 Å². The Morgan fingerprint density at radius 1 is 0.464 bits per heavy atom. The van der Waals surface area contributed by atoms with Crippen LogP contribution in [0.3, 0.4) is 0 Å². The van der Waals surface area contributed by atoms with Crippen molar-refractivity contribution in [2.75, 3.05) is 0 Å². The van der Waals surface area contributed by atoms with Crippen LogP contribution in [0.5, 0.6) is 0 Å². The molecule has 0 fully saturated rings. The molecule has 0 saturated carbocycles. The number of hydrogen-bond donors (Lipinski definition) is 0. The van der Waals surface area contributed by atoms with Crippen LogP contribution in [0.15, 0.2) is 42.5 Å². The molecule has 3 aromatic rings. The highest BCUT2D eigenvalue weighted by molar-refractivity contribution is 5.80. The SMILES string of the molecule is Cc1cc(C)c(-c2cc(-c3c(C)cc(C)cc3C)cc(C(C)(C)C)c2)c(C)c1. The van der Waals surface area contributed by atoms with Crippen molar-refractivity contribution in [3.63, 3.8) is 0 Å². The normalized spacial score (nSPS) is 11.8. The third kappa shape index (κ3) is 3.92. The summed E-state index contributed by atoms with van der Waals surface area (Å²) in [7, 11) is 0. The van der Waals surface area contributed by atoms with Crippen molar-refractivity contribution in [1.29, 1.82) is 0 Å². The van der Waals surface area contributed by atoms with Gasteiger partial charge < -0.3 is 0 Å². The number of rotatable bonds is 2. The molecule has 0 amide bonds. The first-order valence-electron chi connectivity index (χ1n) is 10.3. The molecule has 3 rings (SSSR count). The molecule has 0 saturated heterocycles. The first-order valence-corrected chi connectivity index (χ1v) is 10.3. The van der Waals surface area contributed by atoms with E-state index in [0.29, 0.717) is 0 Å². The minimum atomic E-state index is 0.101. The van der Waals surface area contributed by atoms with E-state index in [9.17, 15) is 0 Å². The smallest absolute Gasteiger partial charge is 0.0125 e. The summed E-state index contributed by atoms with van der Waals surface area (Å²) in [6.07, 6.45) is 0. The van der Waals surface area contributed by atoms with Crippen molar-refractivity contribution in [1.82, 2.24) is 0 Å². The Bertz CT molecular complexity index is 920. The van der Waals surface area contributed by atoms with Crippen molar-refractivity contribution < 1.29 is 0 Å². The topological polar surface area (TPSA) is 0 Å². The summed E-state index contributed by atoms with van der Waals surface area (Å²) in [5.74, 6) is 0. The summed E-state index contributed by atoms with van der Waals surface area (Å²) in [4.78, 5) is 0. The monoisotopic (exact) mass is 370 g/mol. The third-order valence-electron chi connectivity index (χ3n) is 5.73. The second-order valence-electron chi connectivity index (χ2n) is 9.60. The first-order chi connectivity index (χ1) is 13.0. The third-order valence-corrected chi connectivity index (χ3v) is 5.73. The second kappa shape index (κ2) is 7.24. The maximum absolute atomic E-state index is 2.40. The Labute approximate surface area is 171 Å². The summed E-state index contributed by atoms with van der Waals surface area (Å²) < 4.78 is 0. The molecule has 0 aliphatic heterocycles. The molecule has 0 unspecified atom stereocenters. The molecule has 0 atom stereocenters. The van der Waals surface area contributed by atoms with Gasteiger partial charge in [-0.2, -0.15) is 0 Å². The van der Waals surface area contributed by atoms with Crippen LogP contribution in [0.25, 0.3) is 22.3 Å². The standard InChI is InChI=1S/C28H34/c1-17-10-19(3)26(20(4)11-17)23-14-24(16-25(15-23)28(7,8)9)27-21(5)12-18(2)13-22(27)6/h10-16H,1-9H3. The number of aryl methyl sites for hydroxylation is 6. The summed E-state index contributed by atoms with van der Waals surface area (Å²) >= 11 is 0. The summed E-state index contributed by atoms with van der Waals surface area (Å²) in [6, 6.07) is 16.4. The Morgan fingerprint density at radius 3 is 1.07 bits per heavy atom. The van der Waals surface area contributed by atoms with Crippen molar-refractivity contribution in [2.45, 2.75) is 67.7 Å². The molecular weight excluding hydrogens is 336 g/mol. The van der Waals surface area contributed by atoms with Crippen LogP contribution in [0.4, 0.5) is 0 Å². The first kappa shape index (κ1) is 20.4. The highest BCUT2D eigenvalue weighted by Crippen LogP contribution is 2.38. The minimum Gasteiger partial charge on any atom is -0.0561 e. The molecular formula is C28H34. The van der Waals surface area contributed by atoms with E-state index < -0.39 is 0 Å². The quantitative estimate of drug-likeness (QED) is 0.427. The molecule has 0 nitrogen and oxygen atoms in total. The molecule has 0 aliphatic carbocycles. The molecule has 146 valence electrons. The molecule has 0 aromatic heterocycles. The summed E-state index contributed by atoms with van der Waals surface area (Å²) in [5.41, 5.74) is 15.0. The lowest BCUT2D eigenvalue weighted by Crippen LogP contribution is -2.11. The minimum absolute atomic E-state index is 0.101. The zero-order chi connectivity index (χ0) is 20.8. The van der Waals surface area contributed by atoms with Gasteiger partial charge in [0.1, 0.15) is 0 Å². The average molecular weight is 371 g/mol. The van der Waals surface area contributed by atoms with E-state index in [1.807, 2.05) is 0 Å². The average Bonchev–Trinajstić information content (AvgIpc) is 2.51. The van der Waals surface area contributed by atoms with E-state index in [4.69, 9.17) is 0 Å². The lowest BCUT2D eigenvalue weighted by atomic mass is 9.81. The summed E-state index contributed by atoms with van der Waals surface area (Å²) in [6.45, 7) is 20.2. The van der Waals surface area contributed by atoms with E-state index in [0.717, 1.165) is 0 Å². The largest absolute Gasteiger partial charge is 0.0561 e. The lowest BCUT2D eigenvalue weighted by Gasteiger charge is -2.24. The fraction of sp³-hybridized carbons (Fsp3) is 0.357. The zero-order valence-electron chi connectivity index (χ0n) is 19.0. The van der Waals surface area contributed by atoms with Gasteiger partial charge in [0, 0.05) is 0 Å². The maximum Gasteiger partial charge on any atom is -0.0125 e. The van der Waals surface area contributed by atoms with Gasteiger partial charge >= 0.3 is 0 Å². The van der Waals surface area contributed by atoms with Crippen LogP contribution in [0.2, 0.25) is 0 Å². The number of benzene rings is 3. The number of hydrogen-bond acceptors (Lipinski definition) is 0. The second-order valence-corrected chi connectivity index (χ2v) is 9.60. The molecule has 3 aromatic carbocycles. The van der Waals surface area contributed by atoms with Crippen molar-refractivity contribution in [2.24, 2.45) is 0 Å². The molecule has 0 aliphatic rings. The fourth-order valence-corrected chi connectivity index (χ4v) is 4.62. The fourth-order valence-electron chi connectivity index (χ4n) is 4.62. The van der Waals surface area contributed by atoms with Gasteiger partial charge in [0.05, 0.1) is 0 Å². The van der Waals surface area contributed by atoms with Crippen LogP contribution in [0, 0.1) is 41.5 Å². The Kier molecular flexibility index (Phi) is 5.28. The lowest BCUT2D eigenvalue weighted by molar-refractivity contribution is 0.590. The van der Waals surface area contributed by atoms with Gasteiger partial charge in [0.25, 0.3) is 0 Å². The zero-order valence-corrected chi connectivity index (χ0v) is 19.0. The van der Waals surface area contributed by atoms with E-state index in [1.54, 1.807) is 0 Å². The van der Waals surface area contributed by atoms with Gasteiger partial charge in [-0.1, -0.05) is 68.3 Å². The molecule has 0 N–H and O–H groups in total. The maximum atomic E-state index is 2.40. The molecule has 0 bridgehead atoms. The molecule has 0 spiro atoms.